The van der Waals surface area contributed by atoms with E-state index in [0.29, 0.717) is 11.5 Å². The highest BCUT2D eigenvalue weighted by Gasteiger charge is 2.38. The highest BCUT2D eigenvalue weighted by atomic mass is 32.1. The molecule has 0 radical (unpaired) electrons. The van der Waals surface area contributed by atoms with Crippen LogP contribution in [0.2, 0.25) is 0 Å². The molecule has 0 saturated carbocycles. The van der Waals surface area contributed by atoms with Crippen molar-refractivity contribution in [1.29, 1.82) is 15.8 Å². The molecule has 0 fully saturated rings. The van der Waals surface area contributed by atoms with Crippen molar-refractivity contribution in [2.45, 2.75) is 78.2 Å². The van der Waals surface area contributed by atoms with Crippen LogP contribution in [0.4, 0.5) is 5.69 Å². The second-order valence-electron chi connectivity index (χ2n) is 11.2. The first-order chi connectivity index (χ1) is 20.7. The van der Waals surface area contributed by atoms with Crippen LogP contribution < -0.4 is 9.64 Å². The van der Waals surface area contributed by atoms with Gasteiger partial charge in [0.1, 0.15) is 35.1 Å². The average Bonchev–Trinajstić information content (AvgIpc) is 3.58. The number of allylic oxidation sites excluding steroid dienone is 4. The molecule has 0 aliphatic carbocycles. The summed E-state index contributed by atoms with van der Waals surface area (Å²) in [4.78, 5) is 4.92. The largest absolute Gasteiger partial charge is 0.496 e. The lowest BCUT2D eigenvalue weighted by molar-refractivity contribution is 0.0954. The van der Waals surface area contributed by atoms with Crippen molar-refractivity contribution in [3.63, 3.8) is 0 Å². The maximum atomic E-state index is 9.71. The Morgan fingerprint density at radius 2 is 1.70 bits per heavy atom. The summed E-state index contributed by atoms with van der Waals surface area (Å²) in [7, 11) is 1.76. The van der Waals surface area contributed by atoms with Crippen molar-refractivity contribution in [2.75, 3.05) is 25.1 Å². The molecule has 6 nitrogen and oxygen atoms in total. The second-order valence-corrected chi connectivity index (χ2v) is 12.3. The molecule has 0 saturated heterocycles. The molecule has 2 aromatic rings. The molecule has 1 aromatic heterocycles. The fourth-order valence-electron chi connectivity index (χ4n) is 5.10. The first-order valence-corrected chi connectivity index (χ1v) is 15.8. The predicted molar refractivity (Wildman–Crippen MR) is 176 cm³/mol. The lowest BCUT2D eigenvalue weighted by atomic mass is 9.95. The number of ether oxygens (including phenoxy) is 2. The predicted octanol–water partition coefficient (Wildman–Crippen LogP) is 9.01. The minimum absolute atomic E-state index is 0.0506. The third-order valence-corrected chi connectivity index (χ3v) is 8.84. The summed E-state index contributed by atoms with van der Waals surface area (Å²) in [6, 6.07) is 16.7. The molecular weight excluding hydrogens is 552 g/mol. The number of methoxy groups -OCH3 is 1. The van der Waals surface area contributed by atoms with E-state index in [-0.39, 0.29) is 16.9 Å². The first kappa shape index (κ1) is 33.3. The van der Waals surface area contributed by atoms with Gasteiger partial charge in [-0.1, -0.05) is 57.9 Å². The number of nitrogens with zero attached hydrogens (tertiary/aromatic N) is 4. The van der Waals surface area contributed by atoms with E-state index in [2.05, 4.69) is 62.1 Å². The van der Waals surface area contributed by atoms with E-state index in [0.717, 1.165) is 30.1 Å². The Hall–Kier alpha value is -4.25. The number of anilines is 1. The topological polar surface area (TPSA) is 93.1 Å². The Bertz CT molecular complexity index is 1500. The van der Waals surface area contributed by atoms with E-state index in [1.165, 1.54) is 41.8 Å². The Morgan fingerprint density at radius 3 is 2.30 bits per heavy atom. The molecule has 1 aromatic carbocycles. The molecule has 1 aliphatic rings. The molecule has 7 heteroatoms. The van der Waals surface area contributed by atoms with Crippen molar-refractivity contribution in [3.8, 4) is 24.0 Å². The molecule has 1 unspecified atom stereocenters. The van der Waals surface area contributed by atoms with Crippen LogP contribution in [-0.2, 0) is 11.2 Å². The van der Waals surface area contributed by atoms with Crippen molar-refractivity contribution in [2.24, 2.45) is 0 Å². The number of hydrogen-bond donors (Lipinski definition) is 0. The van der Waals surface area contributed by atoms with Crippen LogP contribution in [0.5, 0.6) is 5.75 Å². The van der Waals surface area contributed by atoms with Gasteiger partial charge in [0.05, 0.1) is 7.11 Å². The van der Waals surface area contributed by atoms with Crippen LogP contribution in [0.1, 0.15) is 81.5 Å². The molecule has 2 heterocycles. The minimum Gasteiger partial charge on any atom is -0.496 e. The summed E-state index contributed by atoms with van der Waals surface area (Å²) in [6.07, 6.45) is 13.3. The van der Waals surface area contributed by atoms with Crippen LogP contribution >= 0.6 is 11.3 Å². The molecule has 0 bridgehead atoms. The van der Waals surface area contributed by atoms with E-state index in [4.69, 9.17) is 9.47 Å². The number of rotatable bonds is 14. The number of thiophene rings is 1. The first-order valence-electron chi connectivity index (χ1n) is 15.0. The number of nitriles is 3. The smallest absolute Gasteiger partial charge is 0.172 e. The van der Waals surface area contributed by atoms with E-state index >= 15 is 0 Å². The molecule has 1 aliphatic heterocycles. The highest BCUT2D eigenvalue weighted by molar-refractivity contribution is 7.13. The van der Waals surface area contributed by atoms with Crippen LogP contribution in [0.25, 0.3) is 6.08 Å². The van der Waals surface area contributed by atoms with Gasteiger partial charge < -0.3 is 14.4 Å². The molecule has 1 atom stereocenters. The fourth-order valence-corrected chi connectivity index (χ4v) is 6.08. The summed E-state index contributed by atoms with van der Waals surface area (Å²) in [5.74, 6) is 1.33. The highest BCUT2D eigenvalue weighted by Crippen LogP contribution is 2.40. The number of unbranched alkanes of at least 4 members (excludes halogenated alkanes) is 2. The van der Waals surface area contributed by atoms with Gasteiger partial charge in [-0.25, -0.2) is 0 Å². The Morgan fingerprint density at radius 1 is 1.02 bits per heavy atom. The summed E-state index contributed by atoms with van der Waals surface area (Å²) in [6.45, 7) is 12.5. The standard InChI is InChI=1S/C36H42N4O2S/c1-7-9-19-40(20-10-8-2)29-16-15-27(33(22-29)41-6)21-26(3)34-18-17-30(43-34)13-11-12-14-32-31(25-39)35(28(23-37)24-38)42-36(32,4)5/h11-18,22,26H,7-10,19-21H2,1-6H3/b13-11+,14-12+. The SMILES string of the molecule is CCCCN(CCCC)c1ccc(CC(C)c2ccc(/C=C/C=C/C3=C(C#N)C(=C(C#N)C#N)OC3(C)C)s2)c(OC)c1. The molecule has 224 valence electrons. The molecular formula is C36H42N4O2S. The van der Waals surface area contributed by atoms with Crippen LogP contribution in [-0.4, -0.2) is 25.8 Å². The maximum absolute atomic E-state index is 9.71. The van der Waals surface area contributed by atoms with E-state index < -0.39 is 5.60 Å². The Labute approximate surface area is 261 Å². The summed E-state index contributed by atoms with van der Waals surface area (Å²) >= 11 is 1.76. The average molecular weight is 595 g/mol. The van der Waals surface area contributed by atoms with E-state index in [1.54, 1.807) is 18.4 Å². The van der Waals surface area contributed by atoms with Crippen molar-refractivity contribution in [3.05, 3.63) is 86.4 Å². The zero-order valence-corrected chi connectivity index (χ0v) is 27.1. The van der Waals surface area contributed by atoms with Crippen LogP contribution in [0.15, 0.2) is 71.0 Å². The van der Waals surface area contributed by atoms with Crippen molar-refractivity contribution in [1.82, 2.24) is 0 Å². The molecule has 43 heavy (non-hydrogen) atoms. The fraction of sp³-hybridized carbons (Fsp3) is 0.417. The monoisotopic (exact) mass is 594 g/mol. The minimum atomic E-state index is -0.822. The Balaban J connectivity index is 1.72. The van der Waals surface area contributed by atoms with Crippen LogP contribution in [0, 0.1) is 34.0 Å². The van der Waals surface area contributed by atoms with E-state index in [1.807, 2.05) is 50.3 Å². The van der Waals surface area contributed by atoms with Gasteiger partial charge in [-0.15, -0.1) is 11.3 Å². The maximum Gasteiger partial charge on any atom is 0.172 e. The summed E-state index contributed by atoms with van der Waals surface area (Å²) in [5, 5.41) is 28.2. The Kier molecular flexibility index (Phi) is 12.2. The third-order valence-electron chi connectivity index (χ3n) is 7.56. The lowest BCUT2D eigenvalue weighted by Crippen LogP contribution is -2.25. The second kappa shape index (κ2) is 15.8. The van der Waals surface area contributed by atoms with Gasteiger partial charge in [-0.05, 0) is 68.9 Å². The summed E-state index contributed by atoms with van der Waals surface area (Å²) < 4.78 is 11.7. The molecule has 0 amide bonds. The normalized spacial score (nSPS) is 14.8. The van der Waals surface area contributed by atoms with Gasteiger partial charge in [0.2, 0.25) is 0 Å². The number of hydrogen-bond acceptors (Lipinski definition) is 7. The van der Waals surface area contributed by atoms with Crippen molar-refractivity contribution >= 4 is 23.1 Å². The zero-order chi connectivity index (χ0) is 31.4. The van der Waals surface area contributed by atoms with Gasteiger partial charge in [0.25, 0.3) is 0 Å². The van der Waals surface area contributed by atoms with Gasteiger partial charge in [0.15, 0.2) is 11.3 Å². The quantitative estimate of drug-likeness (QED) is 0.160. The molecule has 3 rings (SSSR count). The summed E-state index contributed by atoms with van der Waals surface area (Å²) in [5.41, 5.74) is 2.29. The van der Waals surface area contributed by atoms with E-state index in [9.17, 15) is 15.8 Å². The van der Waals surface area contributed by atoms with Crippen LogP contribution in [0.3, 0.4) is 0 Å². The molecule has 0 N–H and O–H groups in total. The zero-order valence-electron chi connectivity index (χ0n) is 26.2. The lowest BCUT2D eigenvalue weighted by Gasteiger charge is -2.26. The third kappa shape index (κ3) is 8.41. The van der Waals surface area contributed by atoms with Gasteiger partial charge in [-0.3, -0.25) is 0 Å². The number of benzene rings is 1. The molecule has 0 spiro atoms. The van der Waals surface area contributed by atoms with Gasteiger partial charge in [-0.2, -0.15) is 15.8 Å². The van der Waals surface area contributed by atoms with Crippen molar-refractivity contribution < 1.29 is 9.47 Å². The van der Waals surface area contributed by atoms with Gasteiger partial charge >= 0.3 is 0 Å². The van der Waals surface area contributed by atoms with Gasteiger partial charge in [0, 0.05) is 40.2 Å².